The van der Waals surface area contributed by atoms with Crippen molar-refractivity contribution in [2.75, 3.05) is 26.2 Å². The molecule has 2 fully saturated rings. The fraction of sp³-hybridized carbons (Fsp3) is 0.450. The van der Waals surface area contributed by atoms with Gasteiger partial charge >= 0.3 is 6.09 Å². The fourth-order valence-corrected chi connectivity index (χ4v) is 7.91. The van der Waals surface area contributed by atoms with Crippen molar-refractivity contribution in [3.63, 3.8) is 0 Å². The lowest BCUT2D eigenvalue weighted by Crippen LogP contribution is -2.62. The van der Waals surface area contributed by atoms with E-state index in [0.29, 0.717) is 32.7 Å². The molecule has 3 heterocycles. The zero-order chi connectivity index (χ0) is 33.6. The van der Waals surface area contributed by atoms with Crippen LogP contribution in [0.25, 0.3) is 0 Å². The largest absolute Gasteiger partial charge is 0.446 e. The number of ether oxygens (including phenoxy) is 1. The van der Waals surface area contributed by atoms with Crippen LogP contribution in [0, 0.1) is 6.92 Å². The Kier molecular flexibility index (Phi) is 10.4. The third-order valence-electron chi connectivity index (χ3n) is 10.4. The number of hydrogen-bond donors (Lipinski definition) is 0. The Morgan fingerprint density at radius 2 is 1.67 bits per heavy atom. The topological polar surface area (TPSA) is 83.8 Å². The first-order valence-electron chi connectivity index (χ1n) is 18.1. The van der Waals surface area contributed by atoms with Gasteiger partial charge in [0.15, 0.2) is 0 Å². The van der Waals surface area contributed by atoms with Gasteiger partial charge in [0.2, 0.25) is 5.91 Å². The lowest BCUT2D eigenvalue weighted by atomic mass is 9.95. The number of fused-ring (bicyclic) bond motifs is 2. The number of imidazole rings is 1. The van der Waals surface area contributed by atoms with E-state index in [1.54, 1.807) is 4.90 Å². The van der Waals surface area contributed by atoms with Crippen molar-refractivity contribution in [2.24, 2.45) is 0 Å². The first-order chi connectivity index (χ1) is 24.0. The SMILES string of the molecule is Cc1cn(CCCN(Cc2ccccc2)C(=O)[C@H]2CN(C3c4ccccc4CCc4cccnc43)CCN2C(=O)OC2CCCCC2)cn1. The fourth-order valence-electron chi connectivity index (χ4n) is 7.91. The number of aromatic nitrogens is 3. The molecule has 0 spiro atoms. The maximum Gasteiger partial charge on any atom is 0.410 e. The third kappa shape index (κ3) is 7.72. The average Bonchev–Trinajstić information content (AvgIpc) is 3.48. The Hall–Kier alpha value is -4.50. The molecule has 2 aliphatic carbocycles. The van der Waals surface area contributed by atoms with Crippen molar-refractivity contribution in [1.29, 1.82) is 0 Å². The summed E-state index contributed by atoms with van der Waals surface area (Å²) in [6.45, 7) is 5.21. The van der Waals surface area contributed by atoms with Crippen LogP contribution in [0.4, 0.5) is 4.79 Å². The normalized spacial score (nSPS) is 19.8. The number of rotatable bonds is 9. The molecular formula is C40H48N6O3. The molecule has 9 nitrogen and oxygen atoms in total. The van der Waals surface area contributed by atoms with Gasteiger partial charge in [-0.15, -0.1) is 0 Å². The molecule has 1 unspecified atom stereocenters. The van der Waals surface area contributed by atoms with Crippen LogP contribution in [-0.2, 0) is 35.5 Å². The molecule has 1 saturated heterocycles. The van der Waals surface area contributed by atoms with E-state index in [4.69, 9.17) is 9.72 Å². The molecule has 0 bridgehead atoms. The van der Waals surface area contributed by atoms with Crippen molar-refractivity contribution >= 4 is 12.0 Å². The monoisotopic (exact) mass is 660 g/mol. The highest BCUT2D eigenvalue weighted by atomic mass is 16.6. The van der Waals surface area contributed by atoms with Gasteiger partial charge in [0.25, 0.3) is 0 Å². The van der Waals surface area contributed by atoms with Crippen LogP contribution in [0.3, 0.4) is 0 Å². The number of carbonyl (C=O) groups excluding carboxylic acids is 2. The summed E-state index contributed by atoms with van der Waals surface area (Å²) in [5, 5.41) is 0. The van der Waals surface area contributed by atoms with E-state index in [9.17, 15) is 9.59 Å². The van der Waals surface area contributed by atoms with Gasteiger partial charge in [0, 0.05) is 51.7 Å². The molecule has 2 atom stereocenters. The van der Waals surface area contributed by atoms with Crippen LogP contribution in [-0.4, -0.2) is 79.6 Å². The predicted molar refractivity (Wildman–Crippen MR) is 189 cm³/mol. The smallest absolute Gasteiger partial charge is 0.410 e. The molecule has 49 heavy (non-hydrogen) atoms. The molecule has 0 N–H and O–H groups in total. The second kappa shape index (κ2) is 15.4. The number of carbonyl (C=O) groups is 2. The van der Waals surface area contributed by atoms with E-state index in [-0.39, 0.29) is 24.1 Å². The van der Waals surface area contributed by atoms with Crippen molar-refractivity contribution in [1.82, 2.24) is 29.2 Å². The maximum absolute atomic E-state index is 15.0. The number of pyridine rings is 1. The van der Waals surface area contributed by atoms with Crippen molar-refractivity contribution in [3.05, 3.63) is 119 Å². The van der Waals surface area contributed by atoms with Gasteiger partial charge in [-0.1, -0.05) is 67.1 Å². The van der Waals surface area contributed by atoms with E-state index < -0.39 is 6.04 Å². The van der Waals surface area contributed by atoms with Gasteiger partial charge in [-0.05, 0) is 80.2 Å². The summed E-state index contributed by atoms with van der Waals surface area (Å²) >= 11 is 0. The van der Waals surface area contributed by atoms with Gasteiger partial charge in [-0.3, -0.25) is 19.6 Å². The first kappa shape index (κ1) is 33.0. The number of nitrogens with zero attached hydrogens (tertiary/aromatic N) is 6. The van der Waals surface area contributed by atoms with Gasteiger partial charge in [0.1, 0.15) is 12.1 Å². The highest BCUT2D eigenvalue weighted by Gasteiger charge is 2.42. The molecule has 0 radical (unpaired) electrons. The minimum atomic E-state index is -0.688. The highest BCUT2D eigenvalue weighted by molar-refractivity contribution is 5.86. The molecule has 1 saturated carbocycles. The summed E-state index contributed by atoms with van der Waals surface area (Å²) in [6.07, 6.45) is 13.0. The minimum Gasteiger partial charge on any atom is -0.446 e. The Labute approximate surface area is 289 Å². The molecule has 7 rings (SSSR count). The standard InChI is InChI=1S/C40H48N6O3/c1-30-26-43(29-42-30)22-11-23-45(27-31-12-4-2-5-13-31)39(47)36-28-44(24-25-46(36)40(48)49-34-16-6-3-7-17-34)38-35-18-9-8-14-32(35)19-20-33-15-10-21-41-37(33)38/h2,4-5,8-10,12-15,18,21,26,29,34,36,38H,3,6-7,11,16-17,19-20,22-25,27-28H2,1H3/t36-,38?/m1/s1. The third-order valence-corrected chi connectivity index (χ3v) is 10.4. The molecule has 2 aromatic carbocycles. The zero-order valence-corrected chi connectivity index (χ0v) is 28.6. The summed E-state index contributed by atoms with van der Waals surface area (Å²) in [5.74, 6) is -0.0425. The second-order valence-electron chi connectivity index (χ2n) is 13.8. The van der Waals surface area contributed by atoms with Gasteiger partial charge in [-0.2, -0.15) is 0 Å². The van der Waals surface area contributed by atoms with Crippen LogP contribution in [0.5, 0.6) is 0 Å². The van der Waals surface area contributed by atoms with Gasteiger partial charge in [0.05, 0.1) is 23.8 Å². The number of hydrogen-bond acceptors (Lipinski definition) is 6. The Bertz CT molecular complexity index is 1670. The molecule has 1 aliphatic heterocycles. The van der Waals surface area contributed by atoms with Gasteiger partial charge < -0.3 is 14.2 Å². The molecule has 256 valence electrons. The molecular weight excluding hydrogens is 612 g/mol. The Balaban J connectivity index is 1.20. The molecule has 2 amide bonds. The summed E-state index contributed by atoms with van der Waals surface area (Å²) in [4.78, 5) is 44.3. The lowest BCUT2D eigenvalue weighted by Gasteiger charge is -2.45. The van der Waals surface area contributed by atoms with E-state index in [0.717, 1.165) is 68.4 Å². The van der Waals surface area contributed by atoms with Crippen LogP contribution < -0.4 is 0 Å². The number of aryl methyl sites for hydroxylation is 4. The summed E-state index contributed by atoms with van der Waals surface area (Å²) < 4.78 is 8.21. The predicted octanol–water partition coefficient (Wildman–Crippen LogP) is 6.35. The number of benzene rings is 2. The highest BCUT2D eigenvalue weighted by Crippen LogP contribution is 2.37. The quantitative estimate of drug-likeness (QED) is 0.208. The van der Waals surface area contributed by atoms with Crippen molar-refractivity contribution in [2.45, 2.75) is 89.6 Å². The van der Waals surface area contributed by atoms with E-state index in [1.807, 2.05) is 54.8 Å². The average molecular weight is 661 g/mol. The Morgan fingerprint density at radius 3 is 2.49 bits per heavy atom. The second-order valence-corrected chi connectivity index (χ2v) is 13.8. The van der Waals surface area contributed by atoms with Crippen LogP contribution in [0.2, 0.25) is 0 Å². The zero-order valence-electron chi connectivity index (χ0n) is 28.6. The van der Waals surface area contributed by atoms with Crippen LogP contribution >= 0.6 is 0 Å². The minimum absolute atomic E-state index is 0.0425. The Morgan fingerprint density at radius 1 is 0.898 bits per heavy atom. The molecule has 9 heteroatoms. The van der Waals surface area contributed by atoms with E-state index >= 15 is 0 Å². The molecule has 2 aromatic heterocycles. The van der Waals surface area contributed by atoms with Gasteiger partial charge in [-0.25, -0.2) is 9.78 Å². The van der Waals surface area contributed by atoms with Crippen molar-refractivity contribution in [3.8, 4) is 0 Å². The molecule has 4 aromatic rings. The van der Waals surface area contributed by atoms with E-state index in [2.05, 4.69) is 56.9 Å². The number of amides is 2. The molecule has 3 aliphatic rings. The van der Waals surface area contributed by atoms with Crippen molar-refractivity contribution < 1.29 is 14.3 Å². The van der Waals surface area contributed by atoms with E-state index in [1.165, 1.54) is 23.1 Å². The first-order valence-corrected chi connectivity index (χ1v) is 18.1. The van der Waals surface area contributed by atoms with Crippen LogP contribution in [0.15, 0.2) is 85.5 Å². The maximum atomic E-state index is 15.0. The lowest BCUT2D eigenvalue weighted by molar-refractivity contribution is -0.140. The summed E-state index contributed by atoms with van der Waals surface area (Å²) in [6, 6.07) is 22.2. The summed E-state index contributed by atoms with van der Waals surface area (Å²) in [7, 11) is 0. The van der Waals surface area contributed by atoms with Crippen LogP contribution in [0.1, 0.15) is 78.2 Å². The number of piperazine rings is 1. The summed E-state index contributed by atoms with van der Waals surface area (Å²) in [5.41, 5.74) is 6.88.